The Hall–Kier alpha value is -3.81. The number of carbonyl (C=O) groups excluding carboxylic acids is 2. The number of ether oxygens (including phenoxy) is 1. The molecular weight excluding hydrogens is 440 g/mol. The van der Waals surface area contributed by atoms with Gasteiger partial charge in [-0.05, 0) is 79.1 Å². The molecule has 1 aromatic heterocycles. The topological polar surface area (TPSA) is 80.3 Å². The fraction of sp³-hybridized carbons (Fsp3) is 0.269. The van der Waals surface area contributed by atoms with Gasteiger partial charge in [0, 0.05) is 6.20 Å². The van der Waals surface area contributed by atoms with Gasteiger partial charge < -0.3 is 15.4 Å². The number of aromatic nitrogens is 1. The first-order chi connectivity index (χ1) is 16.5. The summed E-state index contributed by atoms with van der Waals surface area (Å²) < 4.78 is 31.4. The molecule has 3 aromatic rings. The van der Waals surface area contributed by atoms with Crippen LogP contribution in [0.1, 0.15) is 46.3 Å². The van der Waals surface area contributed by atoms with Gasteiger partial charge in [0.1, 0.15) is 0 Å². The van der Waals surface area contributed by atoms with Crippen LogP contribution in [0.5, 0.6) is 0 Å². The van der Waals surface area contributed by atoms with E-state index in [4.69, 9.17) is 4.74 Å². The Bertz CT molecular complexity index is 1190. The van der Waals surface area contributed by atoms with Crippen molar-refractivity contribution in [1.29, 1.82) is 0 Å². The molecule has 4 rings (SSSR count). The van der Waals surface area contributed by atoms with Crippen LogP contribution in [0.25, 0.3) is 0 Å². The predicted molar refractivity (Wildman–Crippen MR) is 125 cm³/mol. The van der Waals surface area contributed by atoms with Crippen molar-refractivity contribution in [2.75, 3.05) is 17.7 Å². The quantitative estimate of drug-likeness (QED) is 0.326. The van der Waals surface area contributed by atoms with Gasteiger partial charge in [-0.1, -0.05) is 18.2 Å². The second-order valence-electron chi connectivity index (χ2n) is 8.33. The molecular formula is C26H25F2N3O3. The lowest BCUT2D eigenvalue weighted by atomic mass is 10.0. The number of pyridine rings is 1. The monoisotopic (exact) mass is 465 g/mol. The van der Waals surface area contributed by atoms with Crippen molar-refractivity contribution in [2.45, 2.75) is 37.6 Å². The highest BCUT2D eigenvalue weighted by atomic mass is 19.2. The van der Waals surface area contributed by atoms with Crippen molar-refractivity contribution in [1.82, 2.24) is 4.98 Å². The summed E-state index contributed by atoms with van der Waals surface area (Å²) in [7, 11) is 1.35. The number of methoxy groups -OCH3 is 1. The third-order valence-corrected chi connectivity index (χ3v) is 6.10. The van der Waals surface area contributed by atoms with E-state index < -0.39 is 11.6 Å². The predicted octanol–water partition coefficient (Wildman–Crippen LogP) is 4.99. The van der Waals surface area contributed by atoms with E-state index in [1.54, 1.807) is 24.4 Å². The molecule has 0 spiro atoms. The summed E-state index contributed by atoms with van der Waals surface area (Å²) in [5.41, 5.74) is 3.37. The number of esters is 1. The van der Waals surface area contributed by atoms with Crippen LogP contribution in [0.3, 0.4) is 0 Å². The molecule has 0 saturated heterocycles. The van der Waals surface area contributed by atoms with Gasteiger partial charge >= 0.3 is 5.97 Å². The molecule has 34 heavy (non-hydrogen) atoms. The molecule has 2 N–H and O–H groups in total. The van der Waals surface area contributed by atoms with E-state index in [2.05, 4.69) is 15.6 Å². The molecule has 6 nitrogen and oxygen atoms in total. The van der Waals surface area contributed by atoms with Crippen molar-refractivity contribution < 1.29 is 23.1 Å². The minimum Gasteiger partial charge on any atom is -0.465 e. The highest BCUT2D eigenvalue weighted by Crippen LogP contribution is 2.49. The SMILES string of the molecule is COC(=O)c1ccc(C2(Nc3nccc(CCCc4ccc(F)c(F)c4)c3NC=O)CC2)cc1. The standard InChI is InChI=1S/C26H25F2N3O3/c1-34-25(33)19-6-8-20(9-7-19)26(12-13-26)31-24-23(30-16-32)18(11-14-29-24)4-2-3-17-5-10-21(27)22(28)15-17/h5-11,14-16H,2-4,12-13H2,1H3,(H,29,31)(H,30,32). The zero-order valence-electron chi connectivity index (χ0n) is 18.7. The molecule has 1 saturated carbocycles. The number of nitrogens with one attached hydrogen (secondary N) is 2. The minimum atomic E-state index is -0.861. The number of nitrogens with zero attached hydrogens (tertiary/aromatic N) is 1. The summed E-state index contributed by atoms with van der Waals surface area (Å²) in [6.45, 7) is 0. The smallest absolute Gasteiger partial charge is 0.337 e. The first kappa shape index (κ1) is 23.4. The van der Waals surface area contributed by atoms with Crippen molar-refractivity contribution in [3.8, 4) is 0 Å². The highest BCUT2D eigenvalue weighted by molar-refractivity contribution is 5.89. The minimum absolute atomic E-state index is 0.328. The Kier molecular flexibility index (Phi) is 6.86. The molecule has 1 heterocycles. The Labute approximate surface area is 196 Å². The van der Waals surface area contributed by atoms with E-state index in [-0.39, 0.29) is 11.5 Å². The first-order valence-corrected chi connectivity index (χ1v) is 11.0. The van der Waals surface area contributed by atoms with Crippen LogP contribution in [0.15, 0.2) is 54.7 Å². The molecule has 0 bridgehead atoms. The molecule has 176 valence electrons. The molecule has 0 aliphatic heterocycles. The molecule has 2 aromatic carbocycles. The summed E-state index contributed by atoms with van der Waals surface area (Å²) in [4.78, 5) is 27.5. The lowest BCUT2D eigenvalue weighted by Gasteiger charge is -2.22. The number of amides is 1. The second kappa shape index (κ2) is 9.99. The largest absolute Gasteiger partial charge is 0.465 e. The van der Waals surface area contributed by atoms with E-state index in [0.29, 0.717) is 48.3 Å². The maximum absolute atomic E-state index is 13.5. The summed E-state index contributed by atoms with van der Waals surface area (Å²) in [5.74, 6) is -1.54. The number of halogens is 2. The lowest BCUT2D eigenvalue weighted by Crippen LogP contribution is -2.21. The van der Waals surface area contributed by atoms with Gasteiger partial charge in [-0.2, -0.15) is 0 Å². The number of rotatable bonds is 10. The van der Waals surface area contributed by atoms with Crippen molar-refractivity contribution in [3.63, 3.8) is 0 Å². The van der Waals surface area contributed by atoms with Crippen LogP contribution in [0.2, 0.25) is 0 Å². The summed E-state index contributed by atoms with van der Waals surface area (Å²) in [6.07, 6.45) is 5.93. The number of aryl methyl sites for hydroxylation is 2. The van der Waals surface area contributed by atoms with Crippen LogP contribution in [-0.4, -0.2) is 24.5 Å². The van der Waals surface area contributed by atoms with Gasteiger partial charge in [-0.15, -0.1) is 0 Å². The van der Waals surface area contributed by atoms with Crippen molar-refractivity contribution >= 4 is 23.9 Å². The molecule has 1 amide bonds. The van der Waals surface area contributed by atoms with E-state index in [9.17, 15) is 18.4 Å². The van der Waals surface area contributed by atoms with Gasteiger partial charge in [-0.25, -0.2) is 18.6 Å². The normalized spacial score (nSPS) is 13.7. The molecule has 0 unspecified atom stereocenters. The third-order valence-electron chi connectivity index (χ3n) is 6.10. The van der Waals surface area contributed by atoms with Crippen molar-refractivity contribution in [2.24, 2.45) is 0 Å². The van der Waals surface area contributed by atoms with E-state index >= 15 is 0 Å². The molecule has 0 atom stereocenters. The zero-order chi connectivity index (χ0) is 24.1. The van der Waals surface area contributed by atoms with Gasteiger partial charge in [-0.3, -0.25) is 4.79 Å². The van der Waals surface area contributed by atoms with E-state index in [1.165, 1.54) is 13.2 Å². The van der Waals surface area contributed by atoms with Crippen LogP contribution < -0.4 is 10.6 Å². The maximum atomic E-state index is 13.5. The average Bonchev–Trinajstić information content (AvgIpc) is 3.63. The molecule has 8 heteroatoms. The van der Waals surface area contributed by atoms with Crippen LogP contribution in [0.4, 0.5) is 20.3 Å². The van der Waals surface area contributed by atoms with Gasteiger partial charge in [0.2, 0.25) is 6.41 Å². The van der Waals surface area contributed by atoms with E-state index in [0.717, 1.165) is 30.0 Å². The number of hydrogen-bond acceptors (Lipinski definition) is 5. The Balaban J connectivity index is 1.49. The van der Waals surface area contributed by atoms with Crippen molar-refractivity contribution in [3.05, 3.63) is 88.6 Å². The molecule has 1 fully saturated rings. The third kappa shape index (κ3) is 5.06. The number of benzene rings is 2. The molecule has 1 aliphatic carbocycles. The second-order valence-corrected chi connectivity index (χ2v) is 8.33. The highest BCUT2D eigenvalue weighted by Gasteiger charge is 2.45. The summed E-state index contributed by atoms with van der Waals surface area (Å²) >= 11 is 0. The summed E-state index contributed by atoms with van der Waals surface area (Å²) in [5, 5.41) is 6.25. The van der Waals surface area contributed by atoms with Gasteiger partial charge in [0.05, 0.1) is 23.9 Å². The Morgan fingerprint density at radius 1 is 1.09 bits per heavy atom. The fourth-order valence-corrected chi connectivity index (χ4v) is 4.08. The lowest BCUT2D eigenvalue weighted by molar-refractivity contribution is -0.105. The van der Waals surface area contributed by atoms with Gasteiger partial charge in [0.15, 0.2) is 17.5 Å². The first-order valence-electron chi connectivity index (χ1n) is 11.0. The molecule has 0 radical (unpaired) electrons. The average molecular weight is 466 g/mol. The van der Waals surface area contributed by atoms with E-state index in [1.807, 2.05) is 18.2 Å². The Morgan fingerprint density at radius 2 is 1.85 bits per heavy atom. The number of hydrogen-bond donors (Lipinski definition) is 2. The Morgan fingerprint density at radius 3 is 2.50 bits per heavy atom. The maximum Gasteiger partial charge on any atom is 0.337 e. The number of carbonyl (C=O) groups is 2. The fourth-order valence-electron chi connectivity index (χ4n) is 4.08. The van der Waals surface area contributed by atoms with Crippen LogP contribution in [-0.2, 0) is 27.9 Å². The van der Waals surface area contributed by atoms with Crippen LogP contribution in [0, 0.1) is 11.6 Å². The zero-order valence-corrected chi connectivity index (χ0v) is 18.7. The number of anilines is 2. The molecule has 1 aliphatic rings. The van der Waals surface area contributed by atoms with Crippen LogP contribution >= 0.6 is 0 Å². The van der Waals surface area contributed by atoms with Gasteiger partial charge in [0.25, 0.3) is 0 Å². The summed E-state index contributed by atoms with van der Waals surface area (Å²) in [6, 6.07) is 13.0.